The molecule has 0 amide bonds. The van der Waals surface area contributed by atoms with E-state index in [9.17, 15) is 0 Å². The maximum absolute atomic E-state index is 3.72. The summed E-state index contributed by atoms with van der Waals surface area (Å²) in [6, 6.07) is 19.2. The molecular weight excluding hydrogens is 290 g/mol. The van der Waals surface area contributed by atoms with Gasteiger partial charge in [-0.15, -0.1) is 0 Å². The lowest BCUT2D eigenvalue weighted by atomic mass is 9.88. The second-order valence-corrected chi connectivity index (χ2v) is 7.08. The van der Waals surface area contributed by atoms with Crippen LogP contribution in [0.1, 0.15) is 38.8 Å². The van der Waals surface area contributed by atoms with Gasteiger partial charge in [0.2, 0.25) is 0 Å². The Morgan fingerprint density at radius 1 is 0.917 bits per heavy atom. The molecule has 0 aliphatic rings. The number of nitrogens with one attached hydrogen (secondary N) is 1. The Kier molecular flexibility index (Phi) is 5.81. The summed E-state index contributed by atoms with van der Waals surface area (Å²) in [5.74, 6) is 0. The smallest absolute Gasteiger partial charge is 0.0382 e. The van der Waals surface area contributed by atoms with E-state index in [0.717, 1.165) is 11.4 Å². The van der Waals surface area contributed by atoms with Crippen LogP contribution in [0.4, 0.5) is 5.69 Å². The van der Waals surface area contributed by atoms with E-state index < -0.39 is 0 Å². The molecule has 124 valence electrons. The molecule has 0 spiro atoms. The summed E-state index contributed by atoms with van der Waals surface area (Å²) in [6.45, 7) is 12.4. The van der Waals surface area contributed by atoms with E-state index in [0.29, 0.717) is 0 Å². The first-order chi connectivity index (χ1) is 11.4. The fraction of sp³-hybridized carbons (Fsp3) is 0.217. The average Bonchev–Trinajstić information content (AvgIpc) is 2.54. The molecule has 1 nitrogen and oxygen atoms in total. The van der Waals surface area contributed by atoms with Crippen LogP contribution in [0.25, 0.3) is 5.57 Å². The van der Waals surface area contributed by atoms with Gasteiger partial charge in [0.25, 0.3) is 0 Å². The second kappa shape index (κ2) is 7.83. The Bertz CT molecular complexity index is 726. The van der Waals surface area contributed by atoms with Gasteiger partial charge in [-0.2, -0.15) is 0 Å². The van der Waals surface area contributed by atoms with Gasteiger partial charge >= 0.3 is 0 Å². The monoisotopic (exact) mass is 317 g/mol. The van der Waals surface area contributed by atoms with Crippen LogP contribution in [-0.2, 0) is 0 Å². The summed E-state index contributed by atoms with van der Waals surface area (Å²) in [5, 5.41) is 3.37. The number of rotatable bonds is 5. The molecule has 0 fully saturated rings. The fourth-order valence-electron chi connectivity index (χ4n) is 2.56. The van der Waals surface area contributed by atoms with E-state index in [2.05, 4.69) is 93.3 Å². The average molecular weight is 317 g/mol. The molecule has 2 aromatic rings. The van der Waals surface area contributed by atoms with E-state index in [1.165, 1.54) is 16.7 Å². The molecule has 2 rings (SSSR count). The standard InChI is InChI=1S/C23H27N/c1-6-10-18(2)24-21-15-13-20(14-16-21)22(17-23(3,4)5)19-11-8-7-9-12-19/h6-17,24H,1H2,2-5H3/b18-10+,22-17?. The van der Waals surface area contributed by atoms with Crippen molar-refractivity contribution < 1.29 is 0 Å². The van der Waals surface area contributed by atoms with Gasteiger partial charge < -0.3 is 5.32 Å². The third-order valence-corrected chi connectivity index (χ3v) is 3.57. The summed E-state index contributed by atoms with van der Waals surface area (Å²) in [4.78, 5) is 0. The molecule has 24 heavy (non-hydrogen) atoms. The minimum absolute atomic E-state index is 0.116. The minimum Gasteiger partial charge on any atom is -0.359 e. The maximum Gasteiger partial charge on any atom is 0.0382 e. The van der Waals surface area contributed by atoms with Crippen LogP contribution in [0.15, 0.2) is 85.1 Å². The van der Waals surface area contributed by atoms with Gasteiger partial charge in [-0.25, -0.2) is 0 Å². The zero-order chi connectivity index (χ0) is 17.6. The van der Waals surface area contributed by atoms with Crippen molar-refractivity contribution in [3.63, 3.8) is 0 Å². The van der Waals surface area contributed by atoms with Crippen LogP contribution in [0, 0.1) is 5.41 Å². The van der Waals surface area contributed by atoms with Gasteiger partial charge in [-0.3, -0.25) is 0 Å². The second-order valence-electron chi connectivity index (χ2n) is 7.08. The van der Waals surface area contributed by atoms with Crippen LogP contribution in [0.2, 0.25) is 0 Å². The molecule has 1 N–H and O–H groups in total. The van der Waals surface area contributed by atoms with Crippen molar-refractivity contribution in [1.29, 1.82) is 0 Å². The Morgan fingerprint density at radius 2 is 1.50 bits per heavy atom. The van der Waals surface area contributed by atoms with Crippen molar-refractivity contribution in [2.45, 2.75) is 27.7 Å². The normalized spacial score (nSPS) is 12.8. The van der Waals surface area contributed by atoms with Gasteiger partial charge in [0.05, 0.1) is 0 Å². The summed E-state index contributed by atoms with van der Waals surface area (Å²) in [5.41, 5.74) is 6.02. The third kappa shape index (κ3) is 5.27. The van der Waals surface area contributed by atoms with E-state index in [1.54, 1.807) is 6.08 Å². The molecule has 1 heteroatoms. The molecule has 0 saturated heterocycles. The Balaban J connectivity index is 2.36. The van der Waals surface area contributed by atoms with Crippen LogP contribution in [0.5, 0.6) is 0 Å². The largest absolute Gasteiger partial charge is 0.359 e. The lowest BCUT2D eigenvalue weighted by Gasteiger charge is -2.18. The van der Waals surface area contributed by atoms with Gasteiger partial charge in [-0.1, -0.05) is 82.0 Å². The summed E-state index contributed by atoms with van der Waals surface area (Å²) < 4.78 is 0. The van der Waals surface area contributed by atoms with E-state index in [1.807, 2.05) is 13.0 Å². The highest BCUT2D eigenvalue weighted by atomic mass is 14.9. The van der Waals surface area contributed by atoms with Gasteiger partial charge in [0.1, 0.15) is 0 Å². The van der Waals surface area contributed by atoms with Gasteiger partial charge in [0.15, 0.2) is 0 Å². The zero-order valence-electron chi connectivity index (χ0n) is 15.1. The number of hydrogen-bond acceptors (Lipinski definition) is 1. The van der Waals surface area contributed by atoms with Crippen molar-refractivity contribution in [2.75, 3.05) is 5.32 Å². The Morgan fingerprint density at radius 3 is 2.04 bits per heavy atom. The molecule has 0 heterocycles. The van der Waals surface area contributed by atoms with Crippen LogP contribution < -0.4 is 5.32 Å². The van der Waals surface area contributed by atoms with Crippen molar-refractivity contribution in [3.05, 3.63) is 96.2 Å². The van der Waals surface area contributed by atoms with Crippen molar-refractivity contribution in [1.82, 2.24) is 0 Å². The number of anilines is 1. The first-order valence-electron chi connectivity index (χ1n) is 8.34. The van der Waals surface area contributed by atoms with Gasteiger partial charge in [-0.05, 0) is 47.2 Å². The molecule has 0 unspecified atom stereocenters. The number of benzene rings is 2. The van der Waals surface area contributed by atoms with Crippen molar-refractivity contribution in [2.24, 2.45) is 5.41 Å². The molecule has 0 aliphatic heterocycles. The van der Waals surface area contributed by atoms with E-state index in [4.69, 9.17) is 0 Å². The topological polar surface area (TPSA) is 12.0 Å². The quantitative estimate of drug-likeness (QED) is 0.607. The predicted molar refractivity (Wildman–Crippen MR) is 107 cm³/mol. The maximum atomic E-state index is 3.72. The Labute approximate surface area is 146 Å². The van der Waals surface area contributed by atoms with Gasteiger partial charge in [0, 0.05) is 11.4 Å². The number of hydrogen-bond donors (Lipinski definition) is 1. The first-order valence-corrected chi connectivity index (χ1v) is 8.34. The van der Waals surface area contributed by atoms with Crippen molar-refractivity contribution >= 4 is 11.3 Å². The molecule has 0 atom stereocenters. The first kappa shape index (κ1) is 17.8. The van der Waals surface area contributed by atoms with E-state index in [-0.39, 0.29) is 5.41 Å². The Hall–Kier alpha value is -2.54. The van der Waals surface area contributed by atoms with E-state index >= 15 is 0 Å². The third-order valence-electron chi connectivity index (χ3n) is 3.57. The highest BCUT2D eigenvalue weighted by Crippen LogP contribution is 2.30. The fourth-order valence-corrected chi connectivity index (χ4v) is 2.56. The highest BCUT2D eigenvalue weighted by molar-refractivity contribution is 5.80. The van der Waals surface area contributed by atoms with Crippen LogP contribution in [-0.4, -0.2) is 0 Å². The lowest BCUT2D eigenvalue weighted by Crippen LogP contribution is -2.02. The predicted octanol–water partition coefficient (Wildman–Crippen LogP) is 6.67. The zero-order valence-corrected chi connectivity index (χ0v) is 15.1. The van der Waals surface area contributed by atoms with Crippen LogP contribution >= 0.6 is 0 Å². The molecule has 0 aromatic heterocycles. The summed E-state index contributed by atoms with van der Waals surface area (Å²) in [6.07, 6.45) is 6.09. The molecule has 0 bridgehead atoms. The molecule has 0 saturated carbocycles. The molecule has 2 aromatic carbocycles. The summed E-state index contributed by atoms with van der Waals surface area (Å²) >= 11 is 0. The highest BCUT2D eigenvalue weighted by Gasteiger charge is 2.12. The van der Waals surface area contributed by atoms with Crippen molar-refractivity contribution in [3.8, 4) is 0 Å². The molecule has 0 aliphatic carbocycles. The number of allylic oxidation sites excluding steroid dienone is 4. The minimum atomic E-state index is 0.116. The molecular formula is C23H27N. The SMILES string of the molecule is C=C/C=C(\C)Nc1ccc(C(=CC(C)(C)C)c2ccccc2)cc1. The molecule has 0 radical (unpaired) electrons. The lowest BCUT2D eigenvalue weighted by molar-refractivity contribution is 0.546. The van der Waals surface area contributed by atoms with Crippen LogP contribution in [0.3, 0.4) is 0 Å². The summed E-state index contributed by atoms with van der Waals surface area (Å²) in [7, 11) is 0.